The first-order chi connectivity index (χ1) is 10.4. The minimum Gasteiger partial charge on any atom is -0.442 e. The lowest BCUT2D eigenvalue weighted by atomic mass is 10.2. The quantitative estimate of drug-likeness (QED) is 0.566. The molecule has 0 N–H and O–H groups in total. The van der Waals surface area contributed by atoms with E-state index in [0.29, 0.717) is 6.54 Å². The highest BCUT2D eigenvalue weighted by Gasteiger charge is 2.33. The molecule has 0 saturated carbocycles. The van der Waals surface area contributed by atoms with Gasteiger partial charge in [-0.15, -0.1) is 5.10 Å². The number of aromatic nitrogens is 3. The van der Waals surface area contributed by atoms with E-state index in [2.05, 4.69) is 10.3 Å². The SMILES string of the molecule is Cc1cn(C[C@H]2CN(c3cc(F)c(I)c(F)c3)C(=O)O2)nn1. The van der Waals surface area contributed by atoms with Crippen LogP contribution in [0.25, 0.3) is 0 Å². The molecule has 0 unspecified atom stereocenters. The minimum atomic E-state index is -0.709. The third-order valence-corrected chi connectivity index (χ3v) is 4.23. The van der Waals surface area contributed by atoms with Gasteiger partial charge in [0.1, 0.15) is 17.7 Å². The molecule has 0 radical (unpaired) electrons. The molecule has 2 heterocycles. The largest absolute Gasteiger partial charge is 0.442 e. The number of rotatable bonds is 3. The first kappa shape index (κ1) is 15.1. The molecule has 0 aliphatic carbocycles. The molecule has 1 aliphatic heterocycles. The minimum absolute atomic E-state index is 0.108. The smallest absolute Gasteiger partial charge is 0.414 e. The van der Waals surface area contributed by atoms with Crippen LogP contribution in [0.2, 0.25) is 0 Å². The lowest BCUT2D eigenvalue weighted by molar-refractivity contribution is 0.129. The summed E-state index contributed by atoms with van der Waals surface area (Å²) in [6.07, 6.45) is 0.626. The van der Waals surface area contributed by atoms with E-state index in [0.717, 1.165) is 17.8 Å². The van der Waals surface area contributed by atoms with Gasteiger partial charge in [0.25, 0.3) is 0 Å². The Kier molecular flexibility index (Phi) is 3.98. The number of ether oxygens (including phenoxy) is 1. The van der Waals surface area contributed by atoms with Gasteiger partial charge in [-0.2, -0.15) is 0 Å². The number of hydrogen-bond donors (Lipinski definition) is 0. The van der Waals surface area contributed by atoms with Crippen LogP contribution in [0.5, 0.6) is 0 Å². The van der Waals surface area contributed by atoms with E-state index in [1.54, 1.807) is 40.4 Å². The van der Waals surface area contributed by atoms with Gasteiger partial charge in [0.2, 0.25) is 0 Å². The zero-order valence-electron chi connectivity index (χ0n) is 11.5. The van der Waals surface area contributed by atoms with Gasteiger partial charge in [-0.1, -0.05) is 5.21 Å². The highest BCUT2D eigenvalue weighted by atomic mass is 127. The van der Waals surface area contributed by atoms with Crippen molar-refractivity contribution in [3.05, 3.63) is 39.2 Å². The van der Waals surface area contributed by atoms with Crippen molar-refractivity contribution in [2.24, 2.45) is 0 Å². The normalized spacial score (nSPS) is 17.9. The van der Waals surface area contributed by atoms with Crippen molar-refractivity contribution in [1.82, 2.24) is 15.0 Å². The van der Waals surface area contributed by atoms with Crippen molar-refractivity contribution in [3.63, 3.8) is 0 Å². The van der Waals surface area contributed by atoms with Gasteiger partial charge in [-0.25, -0.2) is 18.3 Å². The zero-order valence-corrected chi connectivity index (χ0v) is 13.6. The van der Waals surface area contributed by atoms with Gasteiger partial charge in [0.05, 0.1) is 28.0 Å². The van der Waals surface area contributed by atoms with Crippen LogP contribution in [0.3, 0.4) is 0 Å². The van der Waals surface area contributed by atoms with Gasteiger partial charge in [-0.05, 0) is 41.6 Å². The average molecular weight is 420 g/mol. The number of amides is 1. The average Bonchev–Trinajstić information content (AvgIpc) is 3.02. The Morgan fingerprint density at radius 2 is 2.09 bits per heavy atom. The van der Waals surface area contributed by atoms with Crippen LogP contribution in [0.15, 0.2) is 18.3 Å². The van der Waals surface area contributed by atoms with Crippen LogP contribution >= 0.6 is 22.6 Å². The number of halogens is 3. The van der Waals surface area contributed by atoms with E-state index in [4.69, 9.17) is 4.74 Å². The molecule has 22 heavy (non-hydrogen) atoms. The molecule has 0 spiro atoms. The van der Waals surface area contributed by atoms with Crippen LogP contribution in [0.4, 0.5) is 19.3 Å². The van der Waals surface area contributed by atoms with Crippen molar-refractivity contribution in [3.8, 4) is 0 Å². The molecule has 1 aromatic carbocycles. The Labute approximate surface area is 138 Å². The summed E-state index contributed by atoms with van der Waals surface area (Å²) in [7, 11) is 0. The van der Waals surface area contributed by atoms with Crippen LogP contribution < -0.4 is 4.90 Å². The van der Waals surface area contributed by atoms with Crippen molar-refractivity contribution in [2.45, 2.75) is 19.6 Å². The molecular formula is C13H11F2IN4O2. The summed E-state index contributed by atoms with van der Waals surface area (Å²) < 4.78 is 33.9. The number of aryl methyl sites for hydroxylation is 1. The second kappa shape index (κ2) is 5.78. The summed E-state index contributed by atoms with van der Waals surface area (Å²) in [5.41, 5.74) is 0.889. The van der Waals surface area contributed by atoms with Crippen molar-refractivity contribution in [1.29, 1.82) is 0 Å². The molecular weight excluding hydrogens is 409 g/mol. The van der Waals surface area contributed by atoms with E-state index in [9.17, 15) is 13.6 Å². The molecule has 1 aromatic heterocycles. The molecule has 6 nitrogen and oxygen atoms in total. The lowest BCUT2D eigenvalue weighted by Gasteiger charge is -2.13. The number of nitrogens with zero attached hydrogens (tertiary/aromatic N) is 4. The fourth-order valence-electron chi connectivity index (χ4n) is 2.22. The van der Waals surface area contributed by atoms with Crippen LogP contribution in [0.1, 0.15) is 5.69 Å². The molecule has 1 aliphatic rings. The molecule has 0 bridgehead atoms. The molecule has 9 heteroatoms. The molecule has 1 atom stereocenters. The summed E-state index contributed by atoms with van der Waals surface area (Å²) in [5.74, 6) is -1.42. The van der Waals surface area contributed by atoms with Gasteiger partial charge >= 0.3 is 6.09 Å². The first-order valence-electron chi connectivity index (χ1n) is 6.43. The molecule has 116 valence electrons. The fraction of sp³-hybridized carbons (Fsp3) is 0.308. The Morgan fingerprint density at radius 3 is 2.68 bits per heavy atom. The fourth-order valence-corrected chi connectivity index (χ4v) is 2.53. The molecule has 3 rings (SSSR count). The highest BCUT2D eigenvalue weighted by Crippen LogP contribution is 2.27. The highest BCUT2D eigenvalue weighted by molar-refractivity contribution is 14.1. The number of cyclic esters (lactones) is 1. The van der Waals surface area contributed by atoms with Crippen LogP contribution in [-0.4, -0.2) is 33.7 Å². The maximum atomic E-state index is 13.6. The maximum Gasteiger partial charge on any atom is 0.414 e. The van der Waals surface area contributed by atoms with Gasteiger partial charge in [0, 0.05) is 6.20 Å². The van der Waals surface area contributed by atoms with Gasteiger partial charge in [-0.3, -0.25) is 4.90 Å². The van der Waals surface area contributed by atoms with E-state index in [1.807, 2.05) is 0 Å². The van der Waals surface area contributed by atoms with Crippen LogP contribution in [0, 0.1) is 22.1 Å². The Bertz CT molecular complexity index is 714. The standard InChI is InChI=1S/C13H11F2IN4O2/c1-7-4-19(18-17-7)5-9-6-20(13(21)22-9)8-2-10(14)12(16)11(15)3-8/h2-4,9H,5-6H2,1H3/t9-/m0/s1. The summed E-state index contributed by atoms with van der Waals surface area (Å²) in [4.78, 5) is 13.1. The number of anilines is 1. The summed E-state index contributed by atoms with van der Waals surface area (Å²) in [6.45, 7) is 2.32. The third kappa shape index (κ3) is 2.89. The predicted molar refractivity (Wildman–Crippen MR) is 81.4 cm³/mol. The molecule has 1 fully saturated rings. The second-order valence-corrected chi connectivity index (χ2v) is 6.00. The Hall–Kier alpha value is -1.78. The topological polar surface area (TPSA) is 60.2 Å². The number of carbonyl (C=O) groups is 1. The van der Waals surface area contributed by atoms with E-state index >= 15 is 0 Å². The summed E-state index contributed by atoms with van der Waals surface area (Å²) >= 11 is 1.57. The molecule has 2 aromatic rings. The Balaban J connectivity index is 1.77. The second-order valence-electron chi connectivity index (χ2n) is 4.92. The zero-order chi connectivity index (χ0) is 15.9. The number of carbonyl (C=O) groups excluding carboxylic acids is 1. The van der Waals surface area contributed by atoms with E-state index in [1.165, 1.54) is 4.90 Å². The maximum absolute atomic E-state index is 13.6. The van der Waals surface area contributed by atoms with Crippen molar-refractivity contribution >= 4 is 34.4 Å². The third-order valence-electron chi connectivity index (χ3n) is 3.20. The monoisotopic (exact) mass is 420 g/mol. The summed E-state index contributed by atoms with van der Waals surface area (Å²) in [6, 6.07) is 2.24. The first-order valence-corrected chi connectivity index (χ1v) is 7.51. The predicted octanol–water partition coefficient (Wildman–Crippen LogP) is 2.49. The van der Waals surface area contributed by atoms with Crippen molar-refractivity contribution < 1.29 is 18.3 Å². The summed E-state index contributed by atoms with van der Waals surface area (Å²) in [5, 5.41) is 7.72. The van der Waals surface area contributed by atoms with E-state index < -0.39 is 23.8 Å². The molecule has 1 saturated heterocycles. The lowest BCUT2D eigenvalue weighted by Crippen LogP contribution is -2.26. The van der Waals surface area contributed by atoms with Gasteiger partial charge < -0.3 is 4.74 Å². The van der Waals surface area contributed by atoms with Gasteiger partial charge in [0.15, 0.2) is 0 Å². The van der Waals surface area contributed by atoms with Crippen molar-refractivity contribution in [2.75, 3.05) is 11.4 Å². The number of benzene rings is 1. The van der Waals surface area contributed by atoms with E-state index in [-0.39, 0.29) is 15.8 Å². The number of hydrogen-bond acceptors (Lipinski definition) is 4. The van der Waals surface area contributed by atoms with Crippen LogP contribution in [-0.2, 0) is 11.3 Å². The Morgan fingerprint density at radius 1 is 1.41 bits per heavy atom. The molecule has 1 amide bonds.